The number of ether oxygens (including phenoxy) is 2. The van der Waals surface area contributed by atoms with Crippen LogP contribution in [0, 0.1) is 0 Å². The Morgan fingerprint density at radius 3 is 2.35 bits per heavy atom. The summed E-state index contributed by atoms with van der Waals surface area (Å²) in [5, 5.41) is 2.95. The summed E-state index contributed by atoms with van der Waals surface area (Å²) < 4.78 is 13.2. The van der Waals surface area contributed by atoms with Crippen LogP contribution >= 0.6 is 47.8 Å². The van der Waals surface area contributed by atoms with E-state index in [1.54, 1.807) is 20.2 Å². The molecule has 20 heavy (non-hydrogen) atoms. The van der Waals surface area contributed by atoms with Crippen molar-refractivity contribution in [1.82, 2.24) is 9.97 Å². The summed E-state index contributed by atoms with van der Waals surface area (Å²) in [5.41, 5.74) is 0. The van der Waals surface area contributed by atoms with Gasteiger partial charge in [0.05, 0.1) is 16.1 Å². The lowest BCUT2D eigenvalue weighted by Crippen LogP contribution is -1.98. The minimum absolute atomic E-state index is 0.419. The van der Waals surface area contributed by atoms with Gasteiger partial charge in [0.2, 0.25) is 5.88 Å². The number of rotatable bonds is 4. The van der Waals surface area contributed by atoms with Gasteiger partial charge in [0, 0.05) is 7.05 Å². The van der Waals surface area contributed by atoms with Crippen molar-refractivity contribution in [2.24, 2.45) is 0 Å². The smallest absolute Gasteiger partial charge is 0.238 e. The quantitative estimate of drug-likeness (QED) is 0.711. The Balaban J connectivity index is 2.38. The van der Waals surface area contributed by atoms with E-state index in [-0.39, 0.29) is 0 Å². The van der Waals surface area contributed by atoms with E-state index in [0.717, 1.165) is 8.95 Å². The van der Waals surface area contributed by atoms with E-state index in [1.807, 2.05) is 6.07 Å². The van der Waals surface area contributed by atoms with E-state index >= 15 is 0 Å². The molecular weight excluding hydrogens is 458 g/mol. The maximum Gasteiger partial charge on any atom is 0.238 e. The SMILES string of the molecule is CNc1ncnc(Oc2cc(Br)c(OC)cc2Br)c1Br. The highest BCUT2D eigenvalue weighted by Gasteiger charge is 2.13. The van der Waals surface area contributed by atoms with Crippen LogP contribution in [0.25, 0.3) is 0 Å². The molecule has 1 N–H and O–H groups in total. The van der Waals surface area contributed by atoms with Crippen LogP contribution in [-0.4, -0.2) is 24.1 Å². The summed E-state index contributed by atoms with van der Waals surface area (Å²) in [7, 11) is 3.38. The molecule has 5 nitrogen and oxygen atoms in total. The van der Waals surface area contributed by atoms with Crippen LogP contribution in [0.4, 0.5) is 5.82 Å². The first-order valence-corrected chi connectivity index (χ1v) is 7.83. The number of benzene rings is 1. The molecule has 1 aromatic heterocycles. The van der Waals surface area contributed by atoms with Gasteiger partial charge in [-0.3, -0.25) is 0 Å². The van der Waals surface area contributed by atoms with E-state index in [0.29, 0.717) is 27.7 Å². The average molecular weight is 468 g/mol. The summed E-state index contributed by atoms with van der Waals surface area (Å²) in [6, 6.07) is 3.62. The summed E-state index contributed by atoms with van der Waals surface area (Å²) >= 11 is 10.3. The highest BCUT2D eigenvalue weighted by molar-refractivity contribution is 9.11. The number of hydrogen-bond acceptors (Lipinski definition) is 5. The predicted molar refractivity (Wildman–Crippen MR) is 87.7 cm³/mol. The molecule has 0 fully saturated rings. The van der Waals surface area contributed by atoms with Crippen molar-refractivity contribution in [3.63, 3.8) is 0 Å². The largest absolute Gasteiger partial charge is 0.496 e. The Morgan fingerprint density at radius 1 is 1.05 bits per heavy atom. The van der Waals surface area contributed by atoms with Crippen molar-refractivity contribution in [3.8, 4) is 17.4 Å². The molecule has 0 amide bonds. The molecule has 2 rings (SSSR count). The maximum absolute atomic E-state index is 5.79. The van der Waals surface area contributed by atoms with Gasteiger partial charge in [0.25, 0.3) is 0 Å². The van der Waals surface area contributed by atoms with Gasteiger partial charge in [0.15, 0.2) is 0 Å². The van der Waals surface area contributed by atoms with Crippen molar-refractivity contribution in [1.29, 1.82) is 0 Å². The third-order valence-electron chi connectivity index (χ3n) is 2.41. The second-order valence-corrected chi connectivity index (χ2v) is 6.11. The molecule has 2 aromatic rings. The number of halogens is 3. The molecule has 0 aliphatic carbocycles. The van der Waals surface area contributed by atoms with Gasteiger partial charge in [-0.25, -0.2) is 9.97 Å². The lowest BCUT2D eigenvalue weighted by molar-refractivity contribution is 0.408. The van der Waals surface area contributed by atoms with Gasteiger partial charge in [0.1, 0.15) is 28.1 Å². The minimum atomic E-state index is 0.419. The van der Waals surface area contributed by atoms with Crippen LogP contribution in [0.2, 0.25) is 0 Å². The highest BCUT2D eigenvalue weighted by atomic mass is 79.9. The first kappa shape index (κ1) is 15.5. The molecular formula is C12H10Br3N3O2. The van der Waals surface area contributed by atoms with Gasteiger partial charge >= 0.3 is 0 Å². The Kier molecular flexibility index (Phi) is 5.22. The zero-order valence-corrected chi connectivity index (χ0v) is 15.3. The van der Waals surface area contributed by atoms with Crippen molar-refractivity contribution < 1.29 is 9.47 Å². The topological polar surface area (TPSA) is 56.3 Å². The second kappa shape index (κ2) is 6.73. The lowest BCUT2D eigenvalue weighted by Gasteiger charge is -2.12. The number of aromatic nitrogens is 2. The first-order chi connectivity index (χ1) is 9.56. The number of nitrogens with one attached hydrogen (secondary N) is 1. The highest BCUT2D eigenvalue weighted by Crippen LogP contribution is 2.39. The van der Waals surface area contributed by atoms with Crippen molar-refractivity contribution in [2.45, 2.75) is 0 Å². The second-order valence-electron chi connectivity index (χ2n) is 3.61. The molecule has 0 radical (unpaired) electrons. The van der Waals surface area contributed by atoms with Crippen LogP contribution < -0.4 is 14.8 Å². The zero-order valence-electron chi connectivity index (χ0n) is 10.6. The lowest BCUT2D eigenvalue weighted by atomic mass is 10.3. The number of methoxy groups -OCH3 is 1. The molecule has 106 valence electrons. The summed E-state index contributed by atoms with van der Waals surface area (Å²) in [5.74, 6) is 2.39. The van der Waals surface area contributed by atoms with Crippen LogP contribution in [-0.2, 0) is 0 Å². The fraction of sp³-hybridized carbons (Fsp3) is 0.167. The fourth-order valence-electron chi connectivity index (χ4n) is 1.45. The first-order valence-electron chi connectivity index (χ1n) is 5.46. The zero-order chi connectivity index (χ0) is 14.7. The molecule has 0 aliphatic rings. The van der Waals surface area contributed by atoms with Crippen LogP contribution in [0.1, 0.15) is 0 Å². The number of hydrogen-bond donors (Lipinski definition) is 1. The molecule has 0 aliphatic heterocycles. The van der Waals surface area contributed by atoms with Crippen molar-refractivity contribution in [2.75, 3.05) is 19.5 Å². The summed E-state index contributed by atoms with van der Waals surface area (Å²) in [6.07, 6.45) is 1.43. The van der Waals surface area contributed by atoms with Crippen LogP contribution in [0.5, 0.6) is 17.4 Å². The van der Waals surface area contributed by atoms with Crippen LogP contribution in [0.3, 0.4) is 0 Å². The normalized spacial score (nSPS) is 10.2. The van der Waals surface area contributed by atoms with E-state index in [4.69, 9.17) is 9.47 Å². The van der Waals surface area contributed by atoms with Crippen molar-refractivity contribution in [3.05, 3.63) is 31.9 Å². The molecule has 0 spiro atoms. The third kappa shape index (κ3) is 3.24. The molecule has 8 heteroatoms. The van der Waals surface area contributed by atoms with Gasteiger partial charge in [-0.05, 0) is 59.9 Å². The molecule has 1 aromatic carbocycles. The maximum atomic E-state index is 5.79. The Bertz CT molecular complexity index is 638. The Morgan fingerprint density at radius 2 is 1.70 bits per heavy atom. The number of anilines is 1. The van der Waals surface area contributed by atoms with E-state index in [9.17, 15) is 0 Å². The minimum Gasteiger partial charge on any atom is -0.496 e. The summed E-state index contributed by atoms with van der Waals surface area (Å²) in [4.78, 5) is 8.18. The van der Waals surface area contributed by atoms with Gasteiger partial charge in [-0.1, -0.05) is 0 Å². The molecule has 0 atom stereocenters. The number of nitrogens with zero attached hydrogens (tertiary/aromatic N) is 2. The molecule has 0 unspecified atom stereocenters. The molecule has 0 bridgehead atoms. The molecule has 0 saturated carbocycles. The van der Waals surface area contributed by atoms with Gasteiger partial charge in [-0.2, -0.15) is 0 Å². The van der Waals surface area contributed by atoms with Crippen molar-refractivity contribution >= 4 is 53.6 Å². The monoisotopic (exact) mass is 465 g/mol. The Labute approximate surface area is 141 Å². The van der Waals surface area contributed by atoms with Gasteiger partial charge < -0.3 is 14.8 Å². The fourth-order valence-corrected chi connectivity index (χ4v) is 2.82. The van der Waals surface area contributed by atoms with Gasteiger partial charge in [-0.15, -0.1) is 0 Å². The van der Waals surface area contributed by atoms with E-state index in [2.05, 4.69) is 63.1 Å². The Hall–Kier alpha value is -0.860. The molecule has 0 saturated heterocycles. The summed E-state index contributed by atoms with van der Waals surface area (Å²) in [6.45, 7) is 0. The van der Waals surface area contributed by atoms with E-state index < -0.39 is 0 Å². The third-order valence-corrected chi connectivity index (χ3v) is 4.36. The average Bonchev–Trinajstić information content (AvgIpc) is 2.44. The standard InChI is InChI=1S/C12H10Br3N3O2/c1-16-11-10(15)12(18-5-17-11)20-9-4-6(13)8(19-2)3-7(9)14/h3-5H,1-2H3,(H,16,17,18). The van der Waals surface area contributed by atoms with E-state index in [1.165, 1.54) is 6.33 Å². The molecule has 1 heterocycles. The predicted octanol–water partition coefficient (Wildman–Crippen LogP) is 4.61. The van der Waals surface area contributed by atoms with Crippen LogP contribution in [0.15, 0.2) is 31.9 Å².